The first-order valence-corrected chi connectivity index (χ1v) is 8.53. The monoisotopic (exact) mass is 331 g/mol. The molecule has 0 bridgehead atoms. The Kier molecular flexibility index (Phi) is 4.45. The fourth-order valence-electron chi connectivity index (χ4n) is 2.28. The molecule has 1 aliphatic rings. The fourth-order valence-corrected chi connectivity index (χ4v) is 3.85. The summed E-state index contributed by atoms with van der Waals surface area (Å²) in [5.74, 6) is 0.721. The minimum absolute atomic E-state index is 0.0925. The largest absolute Gasteiger partial charge is 0.240 e. The van der Waals surface area contributed by atoms with Gasteiger partial charge in [-0.1, -0.05) is 22.9 Å². The van der Waals surface area contributed by atoms with Crippen LogP contribution in [0, 0.1) is 5.92 Å². The van der Waals surface area contributed by atoms with Gasteiger partial charge in [-0.3, -0.25) is 0 Å². The quantitative estimate of drug-likeness (QED) is 0.923. The van der Waals surface area contributed by atoms with E-state index in [9.17, 15) is 8.42 Å². The van der Waals surface area contributed by atoms with E-state index < -0.39 is 10.0 Å². The number of benzene rings is 1. The van der Waals surface area contributed by atoms with Crippen LogP contribution in [0.25, 0.3) is 0 Å². The number of sulfonamides is 1. The predicted octanol–water partition coefficient (Wildman–Crippen LogP) is 3.31. The molecule has 0 heterocycles. The Labute approximate surface area is 117 Å². The maximum absolute atomic E-state index is 12.2. The van der Waals surface area contributed by atoms with Crippen LogP contribution in [0.1, 0.15) is 32.6 Å². The Bertz CT molecular complexity index is 490. The van der Waals surface area contributed by atoms with E-state index >= 15 is 0 Å². The summed E-state index contributed by atoms with van der Waals surface area (Å²) in [6.45, 7) is 2.22. The van der Waals surface area contributed by atoms with Crippen LogP contribution >= 0.6 is 15.9 Å². The van der Waals surface area contributed by atoms with Crippen LogP contribution in [0.4, 0.5) is 0 Å². The first kappa shape index (κ1) is 14.0. The highest BCUT2D eigenvalue weighted by molar-refractivity contribution is 9.10. The van der Waals surface area contributed by atoms with Crippen molar-refractivity contribution >= 4 is 26.0 Å². The van der Waals surface area contributed by atoms with Gasteiger partial charge < -0.3 is 0 Å². The molecular weight excluding hydrogens is 314 g/mol. The molecule has 0 unspecified atom stereocenters. The summed E-state index contributed by atoms with van der Waals surface area (Å²) in [6, 6.07) is 6.83. The lowest BCUT2D eigenvalue weighted by atomic mass is 9.88. The second-order valence-corrected chi connectivity index (χ2v) is 7.66. The Morgan fingerprint density at radius 1 is 1.11 bits per heavy atom. The summed E-state index contributed by atoms with van der Waals surface area (Å²) < 4.78 is 28.0. The van der Waals surface area contributed by atoms with Crippen molar-refractivity contribution in [1.82, 2.24) is 4.72 Å². The van der Waals surface area contributed by atoms with Gasteiger partial charge in [-0.05, 0) is 55.9 Å². The van der Waals surface area contributed by atoms with Crippen molar-refractivity contribution < 1.29 is 8.42 Å². The van der Waals surface area contributed by atoms with E-state index in [4.69, 9.17) is 0 Å². The molecule has 1 aromatic rings. The van der Waals surface area contributed by atoms with Crippen LogP contribution in [0.15, 0.2) is 33.6 Å². The summed E-state index contributed by atoms with van der Waals surface area (Å²) >= 11 is 3.30. The Morgan fingerprint density at radius 2 is 1.67 bits per heavy atom. The van der Waals surface area contributed by atoms with Crippen LogP contribution in [0.5, 0.6) is 0 Å². The first-order valence-electron chi connectivity index (χ1n) is 6.25. The molecule has 0 saturated heterocycles. The van der Waals surface area contributed by atoms with Gasteiger partial charge in [0.15, 0.2) is 0 Å². The maximum atomic E-state index is 12.2. The van der Waals surface area contributed by atoms with Crippen LogP contribution in [-0.2, 0) is 10.0 Å². The molecule has 5 heteroatoms. The standard InChI is InChI=1S/C13H18BrNO2S/c1-10-2-6-12(7-3-10)15-18(16,17)13-8-4-11(14)5-9-13/h4-5,8-10,12,15H,2-3,6-7H2,1H3. The summed E-state index contributed by atoms with van der Waals surface area (Å²) in [4.78, 5) is 0.337. The second kappa shape index (κ2) is 5.72. The highest BCUT2D eigenvalue weighted by Gasteiger charge is 2.23. The molecule has 0 aliphatic heterocycles. The SMILES string of the molecule is CC1CCC(NS(=O)(=O)c2ccc(Br)cc2)CC1. The van der Waals surface area contributed by atoms with Gasteiger partial charge in [0.05, 0.1) is 4.90 Å². The maximum Gasteiger partial charge on any atom is 0.240 e. The zero-order valence-electron chi connectivity index (χ0n) is 10.4. The molecule has 0 spiro atoms. The smallest absolute Gasteiger partial charge is 0.208 e. The van der Waals surface area contributed by atoms with Crippen molar-refractivity contribution in [3.63, 3.8) is 0 Å². The lowest BCUT2D eigenvalue weighted by molar-refractivity contribution is 0.332. The lowest BCUT2D eigenvalue weighted by Gasteiger charge is -2.26. The second-order valence-electron chi connectivity index (χ2n) is 5.03. The molecule has 2 rings (SSSR count). The normalized spacial score (nSPS) is 25.0. The van der Waals surface area contributed by atoms with Crippen LogP contribution in [0.3, 0.4) is 0 Å². The van der Waals surface area contributed by atoms with Crippen molar-refractivity contribution in [2.75, 3.05) is 0 Å². The number of hydrogen-bond acceptors (Lipinski definition) is 2. The minimum atomic E-state index is -3.36. The topological polar surface area (TPSA) is 46.2 Å². The number of halogens is 1. The fraction of sp³-hybridized carbons (Fsp3) is 0.538. The third kappa shape index (κ3) is 3.56. The van der Waals surface area contributed by atoms with Crippen molar-refractivity contribution in [2.45, 2.75) is 43.5 Å². The molecule has 0 amide bonds. The van der Waals surface area contributed by atoms with E-state index in [0.29, 0.717) is 4.90 Å². The van der Waals surface area contributed by atoms with Gasteiger partial charge in [0, 0.05) is 10.5 Å². The third-order valence-corrected chi connectivity index (χ3v) is 5.53. The number of nitrogens with one attached hydrogen (secondary N) is 1. The zero-order valence-corrected chi connectivity index (χ0v) is 12.8. The first-order chi connectivity index (χ1) is 8.47. The molecule has 1 fully saturated rings. The molecule has 1 saturated carbocycles. The van der Waals surface area contributed by atoms with E-state index in [1.165, 1.54) is 0 Å². The molecule has 1 N–H and O–H groups in total. The number of hydrogen-bond donors (Lipinski definition) is 1. The Balaban J connectivity index is 2.05. The van der Waals surface area contributed by atoms with E-state index in [2.05, 4.69) is 27.6 Å². The molecule has 0 atom stereocenters. The molecule has 3 nitrogen and oxygen atoms in total. The molecule has 18 heavy (non-hydrogen) atoms. The molecular formula is C13H18BrNO2S. The summed E-state index contributed by atoms with van der Waals surface area (Å²) in [6.07, 6.45) is 4.09. The molecule has 0 aromatic heterocycles. The van der Waals surface area contributed by atoms with Crippen LogP contribution < -0.4 is 4.72 Å². The van der Waals surface area contributed by atoms with Gasteiger partial charge in [0.2, 0.25) is 10.0 Å². The van der Waals surface area contributed by atoms with E-state index in [0.717, 1.165) is 36.1 Å². The van der Waals surface area contributed by atoms with Crippen molar-refractivity contribution in [2.24, 2.45) is 5.92 Å². The molecule has 1 aromatic carbocycles. The van der Waals surface area contributed by atoms with E-state index in [1.807, 2.05) is 0 Å². The molecule has 0 radical (unpaired) electrons. The minimum Gasteiger partial charge on any atom is -0.208 e. The van der Waals surface area contributed by atoms with Gasteiger partial charge in [-0.2, -0.15) is 0 Å². The highest BCUT2D eigenvalue weighted by atomic mass is 79.9. The van der Waals surface area contributed by atoms with Crippen LogP contribution in [-0.4, -0.2) is 14.5 Å². The van der Waals surface area contributed by atoms with Crippen molar-refractivity contribution in [3.8, 4) is 0 Å². The van der Waals surface area contributed by atoms with Gasteiger partial charge >= 0.3 is 0 Å². The average Bonchev–Trinajstić information content (AvgIpc) is 2.32. The average molecular weight is 332 g/mol. The van der Waals surface area contributed by atoms with Gasteiger partial charge in [-0.15, -0.1) is 0 Å². The third-order valence-electron chi connectivity index (χ3n) is 3.46. The van der Waals surface area contributed by atoms with Crippen molar-refractivity contribution in [3.05, 3.63) is 28.7 Å². The van der Waals surface area contributed by atoms with E-state index in [-0.39, 0.29) is 6.04 Å². The van der Waals surface area contributed by atoms with Crippen LogP contribution in [0.2, 0.25) is 0 Å². The molecule has 1 aliphatic carbocycles. The highest BCUT2D eigenvalue weighted by Crippen LogP contribution is 2.25. The Morgan fingerprint density at radius 3 is 2.22 bits per heavy atom. The predicted molar refractivity (Wildman–Crippen MR) is 75.9 cm³/mol. The summed E-state index contributed by atoms with van der Waals surface area (Å²) in [5, 5.41) is 0. The van der Waals surface area contributed by atoms with Gasteiger partial charge in [0.25, 0.3) is 0 Å². The van der Waals surface area contributed by atoms with Crippen molar-refractivity contribution in [1.29, 1.82) is 0 Å². The Hall–Kier alpha value is -0.390. The lowest BCUT2D eigenvalue weighted by Crippen LogP contribution is -2.37. The van der Waals surface area contributed by atoms with E-state index in [1.54, 1.807) is 24.3 Å². The van der Waals surface area contributed by atoms with Gasteiger partial charge in [-0.25, -0.2) is 13.1 Å². The van der Waals surface area contributed by atoms with Gasteiger partial charge in [0.1, 0.15) is 0 Å². The summed E-state index contributed by atoms with van der Waals surface area (Å²) in [7, 11) is -3.36. The number of rotatable bonds is 3. The summed E-state index contributed by atoms with van der Waals surface area (Å²) in [5.41, 5.74) is 0. The molecule has 100 valence electrons. The zero-order chi connectivity index (χ0) is 13.2.